The van der Waals surface area contributed by atoms with E-state index in [9.17, 15) is 4.79 Å². The Bertz CT molecular complexity index is 651. The van der Waals surface area contributed by atoms with Crippen LogP contribution >= 0.6 is 11.6 Å². The van der Waals surface area contributed by atoms with Gasteiger partial charge in [-0.3, -0.25) is 14.8 Å². The molecule has 6 heteroatoms. The third kappa shape index (κ3) is 3.36. The van der Waals surface area contributed by atoms with E-state index in [2.05, 4.69) is 9.97 Å². The zero-order chi connectivity index (χ0) is 15.4. The van der Waals surface area contributed by atoms with Crippen LogP contribution in [0.25, 0.3) is 0 Å². The van der Waals surface area contributed by atoms with Crippen molar-refractivity contribution in [3.05, 3.63) is 53.6 Å². The molecule has 0 unspecified atom stereocenters. The lowest BCUT2D eigenvalue weighted by molar-refractivity contribution is 0.0538. The maximum atomic E-state index is 12.5. The molecule has 3 heterocycles. The molecule has 5 nitrogen and oxygen atoms in total. The van der Waals surface area contributed by atoms with Gasteiger partial charge in [-0.15, -0.1) is 0 Å². The molecule has 3 rings (SSSR count). The van der Waals surface area contributed by atoms with Crippen molar-refractivity contribution in [3.8, 4) is 5.75 Å². The van der Waals surface area contributed by atoms with Crippen molar-refractivity contribution in [3.63, 3.8) is 0 Å². The van der Waals surface area contributed by atoms with Gasteiger partial charge in [0.25, 0.3) is 5.91 Å². The standard InChI is InChI=1S/C16H16ClN3O2/c17-14-10-19-8-5-15(14)22-13-2-1-9-20(11-13)16(21)12-3-6-18-7-4-12/h3-8,10,13H,1-2,9,11H2/t13-/m0/s1. The molecular weight excluding hydrogens is 302 g/mol. The van der Waals surface area contributed by atoms with Crippen molar-refractivity contribution in [2.75, 3.05) is 13.1 Å². The molecule has 114 valence electrons. The highest BCUT2D eigenvalue weighted by atomic mass is 35.5. The predicted molar refractivity (Wildman–Crippen MR) is 83.0 cm³/mol. The summed E-state index contributed by atoms with van der Waals surface area (Å²) in [5.74, 6) is 0.622. The van der Waals surface area contributed by atoms with E-state index >= 15 is 0 Å². The number of amides is 1. The van der Waals surface area contributed by atoms with Crippen molar-refractivity contribution >= 4 is 17.5 Å². The number of hydrogen-bond acceptors (Lipinski definition) is 4. The smallest absolute Gasteiger partial charge is 0.254 e. The Hall–Kier alpha value is -2.14. The lowest BCUT2D eigenvalue weighted by atomic mass is 10.1. The minimum atomic E-state index is -0.0561. The van der Waals surface area contributed by atoms with Crippen LogP contribution in [0.3, 0.4) is 0 Å². The van der Waals surface area contributed by atoms with Crippen LogP contribution in [0.5, 0.6) is 5.75 Å². The molecule has 0 saturated carbocycles. The Balaban J connectivity index is 1.67. The van der Waals surface area contributed by atoms with Gasteiger partial charge in [0, 0.05) is 43.0 Å². The summed E-state index contributed by atoms with van der Waals surface area (Å²) in [6.45, 7) is 1.30. The molecule has 1 atom stereocenters. The third-order valence-corrected chi connectivity index (χ3v) is 3.91. The highest BCUT2D eigenvalue weighted by molar-refractivity contribution is 6.31. The Morgan fingerprint density at radius 2 is 2.00 bits per heavy atom. The molecule has 1 aliphatic heterocycles. The molecule has 0 spiro atoms. The van der Waals surface area contributed by atoms with E-state index in [0.29, 0.717) is 22.9 Å². The molecular formula is C16H16ClN3O2. The average molecular weight is 318 g/mol. The second-order valence-electron chi connectivity index (χ2n) is 5.18. The summed E-state index contributed by atoms with van der Waals surface area (Å²) in [5, 5.41) is 0.486. The zero-order valence-electron chi connectivity index (χ0n) is 12.0. The normalized spacial score (nSPS) is 18.0. The minimum Gasteiger partial charge on any atom is -0.487 e. The first-order chi connectivity index (χ1) is 10.7. The molecule has 22 heavy (non-hydrogen) atoms. The number of nitrogens with zero attached hydrogens (tertiary/aromatic N) is 3. The number of ether oxygens (including phenoxy) is 1. The number of pyridine rings is 2. The molecule has 1 fully saturated rings. The molecule has 0 aromatic carbocycles. The number of carbonyl (C=O) groups excluding carboxylic acids is 1. The topological polar surface area (TPSA) is 55.3 Å². The lowest BCUT2D eigenvalue weighted by Crippen LogP contribution is -2.44. The lowest BCUT2D eigenvalue weighted by Gasteiger charge is -2.33. The fourth-order valence-corrected chi connectivity index (χ4v) is 2.70. The zero-order valence-corrected chi connectivity index (χ0v) is 12.7. The van der Waals surface area contributed by atoms with Crippen molar-refractivity contribution in [1.29, 1.82) is 0 Å². The van der Waals surface area contributed by atoms with Crippen LogP contribution in [-0.2, 0) is 0 Å². The average Bonchev–Trinajstić information content (AvgIpc) is 2.57. The van der Waals surface area contributed by atoms with Crippen molar-refractivity contribution in [2.45, 2.75) is 18.9 Å². The summed E-state index contributed by atoms with van der Waals surface area (Å²) in [5.41, 5.74) is 0.651. The maximum absolute atomic E-state index is 12.5. The van der Waals surface area contributed by atoms with Crippen molar-refractivity contribution in [2.24, 2.45) is 0 Å². The van der Waals surface area contributed by atoms with Crippen LogP contribution in [0, 0.1) is 0 Å². The van der Waals surface area contributed by atoms with Crippen LogP contribution < -0.4 is 4.74 Å². The molecule has 1 aliphatic rings. The van der Waals surface area contributed by atoms with E-state index in [-0.39, 0.29) is 12.0 Å². The van der Waals surface area contributed by atoms with Gasteiger partial charge in [0.15, 0.2) is 0 Å². The Kier molecular flexibility index (Phi) is 4.53. The largest absolute Gasteiger partial charge is 0.487 e. The van der Waals surface area contributed by atoms with Crippen LogP contribution in [0.4, 0.5) is 0 Å². The van der Waals surface area contributed by atoms with Gasteiger partial charge in [0.2, 0.25) is 0 Å². The maximum Gasteiger partial charge on any atom is 0.254 e. The number of likely N-dealkylation sites (tertiary alicyclic amines) is 1. The minimum absolute atomic E-state index is 0.0107. The highest BCUT2D eigenvalue weighted by Gasteiger charge is 2.26. The first-order valence-corrected chi connectivity index (χ1v) is 7.57. The summed E-state index contributed by atoms with van der Waals surface area (Å²) in [4.78, 5) is 22.2. The van der Waals surface area contributed by atoms with Crippen LogP contribution in [0.15, 0.2) is 43.0 Å². The van der Waals surface area contributed by atoms with E-state index in [1.807, 2.05) is 4.90 Å². The molecule has 1 saturated heterocycles. The van der Waals surface area contributed by atoms with Crippen LogP contribution in [-0.4, -0.2) is 40.0 Å². The number of hydrogen-bond donors (Lipinski definition) is 0. The van der Waals surface area contributed by atoms with Gasteiger partial charge >= 0.3 is 0 Å². The van der Waals surface area contributed by atoms with E-state index in [1.165, 1.54) is 0 Å². The number of piperidine rings is 1. The second-order valence-corrected chi connectivity index (χ2v) is 5.58. The van der Waals surface area contributed by atoms with Crippen LogP contribution in [0.2, 0.25) is 5.02 Å². The Morgan fingerprint density at radius 1 is 1.23 bits per heavy atom. The number of halogens is 1. The fourth-order valence-electron chi connectivity index (χ4n) is 2.53. The van der Waals surface area contributed by atoms with Gasteiger partial charge in [-0.05, 0) is 25.0 Å². The molecule has 2 aromatic rings. The van der Waals surface area contributed by atoms with Gasteiger partial charge < -0.3 is 9.64 Å². The van der Waals surface area contributed by atoms with Crippen LogP contribution in [0.1, 0.15) is 23.2 Å². The summed E-state index contributed by atoms with van der Waals surface area (Å²) in [7, 11) is 0. The fraction of sp³-hybridized carbons (Fsp3) is 0.312. The van der Waals surface area contributed by atoms with E-state index in [4.69, 9.17) is 16.3 Å². The molecule has 0 aliphatic carbocycles. The third-order valence-electron chi connectivity index (χ3n) is 3.62. The predicted octanol–water partition coefficient (Wildman–Crippen LogP) is 2.81. The molecule has 0 radical (unpaired) electrons. The number of rotatable bonds is 3. The quantitative estimate of drug-likeness (QED) is 0.873. The van der Waals surface area contributed by atoms with Gasteiger partial charge in [0.05, 0.1) is 6.54 Å². The molecule has 0 N–H and O–H groups in total. The first-order valence-electron chi connectivity index (χ1n) is 7.19. The SMILES string of the molecule is O=C(c1ccncc1)N1CCC[C@H](Oc2ccncc2Cl)C1. The molecule has 2 aromatic heterocycles. The summed E-state index contributed by atoms with van der Waals surface area (Å²) in [6, 6.07) is 5.20. The van der Waals surface area contributed by atoms with Gasteiger partial charge in [-0.25, -0.2) is 0 Å². The first kappa shape index (κ1) is 14.8. The van der Waals surface area contributed by atoms with E-state index < -0.39 is 0 Å². The van der Waals surface area contributed by atoms with E-state index in [1.54, 1.807) is 43.0 Å². The molecule has 0 bridgehead atoms. The van der Waals surface area contributed by atoms with Gasteiger partial charge in [0.1, 0.15) is 16.9 Å². The monoisotopic (exact) mass is 317 g/mol. The van der Waals surface area contributed by atoms with Crippen molar-refractivity contribution < 1.29 is 9.53 Å². The highest BCUT2D eigenvalue weighted by Crippen LogP contribution is 2.25. The van der Waals surface area contributed by atoms with Gasteiger partial charge in [-0.1, -0.05) is 11.6 Å². The molecule has 1 amide bonds. The summed E-state index contributed by atoms with van der Waals surface area (Å²) in [6.07, 6.45) is 8.20. The number of aromatic nitrogens is 2. The number of carbonyl (C=O) groups is 1. The Labute approximate surface area is 133 Å². The van der Waals surface area contributed by atoms with Gasteiger partial charge in [-0.2, -0.15) is 0 Å². The van der Waals surface area contributed by atoms with E-state index in [0.717, 1.165) is 19.4 Å². The summed E-state index contributed by atoms with van der Waals surface area (Å²) >= 11 is 6.06. The van der Waals surface area contributed by atoms with Crippen molar-refractivity contribution in [1.82, 2.24) is 14.9 Å². The summed E-state index contributed by atoms with van der Waals surface area (Å²) < 4.78 is 5.92. The second kappa shape index (κ2) is 6.75. The Morgan fingerprint density at radius 3 is 2.77 bits per heavy atom.